The van der Waals surface area contributed by atoms with E-state index in [4.69, 9.17) is 0 Å². The Bertz CT molecular complexity index is 533. The van der Waals surface area contributed by atoms with E-state index in [0.717, 1.165) is 12.5 Å². The fourth-order valence-electron chi connectivity index (χ4n) is 3.28. The maximum atomic E-state index is 4.09. The molecule has 1 aliphatic rings. The van der Waals surface area contributed by atoms with Gasteiger partial charge in [-0.1, -0.05) is 31.9 Å². The van der Waals surface area contributed by atoms with Gasteiger partial charge in [0.25, 0.3) is 0 Å². The van der Waals surface area contributed by atoms with Crippen LogP contribution in [0.4, 0.5) is 5.69 Å². The SMILES string of the molecule is CCC1CCCC1Nc1cccc(Cn2ccnc2)c1. The monoisotopic (exact) mass is 269 g/mol. The molecular formula is C17H23N3. The summed E-state index contributed by atoms with van der Waals surface area (Å²) in [7, 11) is 0. The molecule has 0 amide bonds. The van der Waals surface area contributed by atoms with Gasteiger partial charge in [0.15, 0.2) is 0 Å². The molecule has 2 atom stereocenters. The number of benzene rings is 1. The van der Waals surface area contributed by atoms with Crippen LogP contribution in [0.25, 0.3) is 0 Å². The number of rotatable bonds is 5. The van der Waals surface area contributed by atoms with Gasteiger partial charge in [-0.2, -0.15) is 0 Å². The first kappa shape index (κ1) is 13.2. The van der Waals surface area contributed by atoms with Crippen molar-refractivity contribution < 1.29 is 0 Å². The molecule has 3 rings (SSSR count). The quantitative estimate of drug-likeness (QED) is 0.891. The number of hydrogen-bond donors (Lipinski definition) is 1. The number of nitrogens with zero attached hydrogens (tertiary/aromatic N) is 2. The normalized spacial score (nSPS) is 22.1. The zero-order valence-electron chi connectivity index (χ0n) is 12.1. The summed E-state index contributed by atoms with van der Waals surface area (Å²) >= 11 is 0. The lowest BCUT2D eigenvalue weighted by Crippen LogP contribution is -2.23. The van der Waals surface area contributed by atoms with Gasteiger partial charge in [0.05, 0.1) is 6.33 Å². The van der Waals surface area contributed by atoms with E-state index in [2.05, 4.69) is 46.1 Å². The third-order valence-electron chi connectivity index (χ3n) is 4.39. The summed E-state index contributed by atoms with van der Waals surface area (Å²) in [6.45, 7) is 3.19. The highest BCUT2D eigenvalue weighted by molar-refractivity contribution is 5.47. The van der Waals surface area contributed by atoms with Crippen molar-refractivity contribution in [3.63, 3.8) is 0 Å². The van der Waals surface area contributed by atoms with Crippen molar-refractivity contribution in [1.82, 2.24) is 9.55 Å². The van der Waals surface area contributed by atoms with Gasteiger partial charge in [-0.15, -0.1) is 0 Å². The van der Waals surface area contributed by atoms with Crippen LogP contribution >= 0.6 is 0 Å². The van der Waals surface area contributed by atoms with Crippen molar-refractivity contribution in [2.75, 3.05) is 5.32 Å². The highest BCUT2D eigenvalue weighted by Crippen LogP contribution is 2.30. The first-order chi connectivity index (χ1) is 9.85. The Morgan fingerprint density at radius 3 is 3.10 bits per heavy atom. The van der Waals surface area contributed by atoms with E-state index in [1.807, 2.05) is 18.7 Å². The van der Waals surface area contributed by atoms with E-state index >= 15 is 0 Å². The third kappa shape index (κ3) is 3.03. The molecule has 20 heavy (non-hydrogen) atoms. The summed E-state index contributed by atoms with van der Waals surface area (Å²) in [4.78, 5) is 4.09. The van der Waals surface area contributed by atoms with Crippen LogP contribution in [0.2, 0.25) is 0 Å². The van der Waals surface area contributed by atoms with Crippen LogP contribution in [-0.4, -0.2) is 15.6 Å². The number of anilines is 1. The Hall–Kier alpha value is -1.77. The van der Waals surface area contributed by atoms with Crippen molar-refractivity contribution in [2.24, 2.45) is 5.92 Å². The first-order valence-electron chi connectivity index (χ1n) is 7.66. The van der Waals surface area contributed by atoms with Crippen molar-refractivity contribution in [3.05, 3.63) is 48.5 Å². The predicted molar refractivity (Wildman–Crippen MR) is 82.8 cm³/mol. The second kappa shape index (κ2) is 6.12. The summed E-state index contributed by atoms with van der Waals surface area (Å²) in [5, 5.41) is 3.74. The van der Waals surface area contributed by atoms with Crippen LogP contribution in [-0.2, 0) is 6.54 Å². The second-order valence-electron chi connectivity index (χ2n) is 5.79. The zero-order chi connectivity index (χ0) is 13.8. The fraction of sp³-hybridized carbons (Fsp3) is 0.471. The Kier molecular flexibility index (Phi) is 4.05. The summed E-state index contributed by atoms with van der Waals surface area (Å²) in [6.07, 6.45) is 11.0. The molecule has 1 heterocycles. The van der Waals surface area contributed by atoms with Crippen molar-refractivity contribution in [1.29, 1.82) is 0 Å². The van der Waals surface area contributed by atoms with Crippen LogP contribution in [0.5, 0.6) is 0 Å². The minimum absolute atomic E-state index is 0.656. The van der Waals surface area contributed by atoms with Gasteiger partial charge in [0.2, 0.25) is 0 Å². The zero-order valence-corrected chi connectivity index (χ0v) is 12.1. The van der Waals surface area contributed by atoms with Crippen molar-refractivity contribution in [3.8, 4) is 0 Å². The Balaban J connectivity index is 1.68. The Morgan fingerprint density at radius 1 is 1.35 bits per heavy atom. The number of aromatic nitrogens is 2. The lowest BCUT2D eigenvalue weighted by atomic mass is 10.0. The van der Waals surface area contributed by atoms with Crippen LogP contribution in [0.15, 0.2) is 43.0 Å². The Morgan fingerprint density at radius 2 is 2.30 bits per heavy atom. The van der Waals surface area contributed by atoms with Crippen LogP contribution in [0, 0.1) is 5.92 Å². The molecule has 2 unspecified atom stereocenters. The molecule has 1 saturated carbocycles. The molecule has 0 saturated heterocycles. The van der Waals surface area contributed by atoms with E-state index in [9.17, 15) is 0 Å². The molecule has 2 aromatic rings. The molecule has 0 bridgehead atoms. The van der Waals surface area contributed by atoms with Gasteiger partial charge in [-0.25, -0.2) is 4.98 Å². The number of imidazole rings is 1. The van der Waals surface area contributed by atoms with E-state index in [1.54, 1.807) is 0 Å². The largest absolute Gasteiger partial charge is 0.382 e. The lowest BCUT2D eigenvalue weighted by Gasteiger charge is -2.21. The van der Waals surface area contributed by atoms with E-state index < -0.39 is 0 Å². The molecule has 1 aromatic heterocycles. The Labute approximate surface area is 121 Å². The first-order valence-corrected chi connectivity index (χ1v) is 7.66. The molecule has 1 aromatic carbocycles. The summed E-state index contributed by atoms with van der Waals surface area (Å²) in [5.74, 6) is 0.840. The molecule has 1 aliphatic carbocycles. The maximum absolute atomic E-state index is 4.09. The fourth-order valence-corrected chi connectivity index (χ4v) is 3.28. The van der Waals surface area contributed by atoms with Gasteiger partial charge in [-0.05, 0) is 36.5 Å². The average molecular weight is 269 g/mol. The topological polar surface area (TPSA) is 29.9 Å². The van der Waals surface area contributed by atoms with Crippen molar-refractivity contribution in [2.45, 2.75) is 45.2 Å². The van der Waals surface area contributed by atoms with Gasteiger partial charge in [-0.3, -0.25) is 0 Å². The van der Waals surface area contributed by atoms with Crippen molar-refractivity contribution >= 4 is 5.69 Å². The summed E-state index contributed by atoms with van der Waals surface area (Å²) in [6, 6.07) is 9.43. The highest BCUT2D eigenvalue weighted by atomic mass is 15.0. The van der Waals surface area contributed by atoms with Gasteiger partial charge in [0.1, 0.15) is 0 Å². The van der Waals surface area contributed by atoms with Gasteiger partial charge >= 0.3 is 0 Å². The molecule has 0 spiro atoms. The maximum Gasteiger partial charge on any atom is 0.0949 e. The third-order valence-corrected chi connectivity index (χ3v) is 4.39. The molecule has 106 valence electrons. The smallest absolute Gasteiger partial charge is 0.0949 e. The van der Waals surface area contributed by atoms with E-state index in [-0.39, 0.29) is 0 Å². The van der Waals surface area contributed by atoms with Gasteiger partial charge in [0, 0.05) is 30.7 Å². The molecular weight excluding hydrogens is 246 g/mol. The molecule has 1 N–H and O–H groups in total. The van der Waals surface area contributed by atoms with E-state index in [0.29, 0.717) is 6.04 Å². The minimum atomic E-state index is 0.656. The standard InChI is InChI=1S/C17H23N3/c1-2-15-6-4-8-17(15)19-16-7-3-5-14(11-16)12-20-10-9-18-13-20/h3,5,7,9-11,13,15,17,19H,2,4,6,8,12H2,1H3. The molecule has 3 heteroatoms. The van der Waals surface area contributed by atoms with Crippen LogP contribution in [0.3, 0.4) is 0 Å². The van der Waals surface area contributed by atoms with Crippen LogP contribution < -0.4 is 5.32 Å². The second-order valence-corrected chi connectivity index (χ2v) is 5.79. The average Bonchev–Trinajstić information content (AvgIpc) is 3.10. The van der Waals surface area contributed by atoms with Crippen LogP contribution in [0.1, 0.15) is 38.2 Å². The molecule has 1 fully saturated rings. The van der Waals surface area contributed by atoms with Gasteiger partial charge < -0.3 is 9.88 Å². The summed E-state index contributed by atoms with van der Waals surface area (Å²) in [5.41, 5.74) is 2.58. The van der Waals surface area contributed by atoms with E-state index in [1.165, 1.54) is 36.9 Å². The number of nitrogens with one attached hydrogen (secondary N) is 1. The minimum Gasteiger partial charge on any atom is -0.382 e. The molecule has 3 nitrogen and oxygen atoms in total. The predicted octanol–water partition coefficient (Wildman–Crippen LogP) is 3.92. The lowest BCUT2D eigenvalue weighted by molar-refractivity contribution is 0.489. The molecule has 0 aliphatic heterocycles. The summed E-state index contributed by atoms with van der Waals surface area (Å²) < 4.78 is 2.10. The number of hydrogen-bond acceptors (Lipinski definition) is 2. The highest BCUT2D eigenvalue weighted by Gasteiger charge is 2.25. The molecule has 0 radical (unpaired) electrons.